The van der Waals surface area contributed by atoms with Gasteiger partial charge in [0.1, 0.15) is 6.54 Å². The number of carbonyl (C=O) groups excluding carboxylic acids is 1. The van der Waals surface area contributed by atoms with Gasteiger partial charge in [0.15, 0.2) is 5.71 Å². The molecule has 5 rings (SSSR count). The molecule has 23 heteroatoms. The molecule has 2 aromatic carbocycles. The summed E-state index contributed by atoms with van der Waals surface area (Å²) in [6.45, 7) is 11.2. The van der Waals surface area contributed by atoms with Crippen LogP contribution in [0.1, 0.15) is 89.5 Å². The quantitative estimate of drug-likeness (QED) is 0.0128. The lowest BCUT2D eigenvalue weighted by Gasteiger charge is -2.27. The van der Waals surface area contributed by atoms with E-state index in [0.717, 1.165) is 47.6 Å². The smallest absolute Gasteiger partial charge is 0.294 e. The van der Waals surface area contributed by atoms with Crippen LogP contribution in [0.2, 0.25) is 0 Å². The second-order valence-electron chi connectivity index (χ2n) is 17.2. The first-order chi connectivity index (χ1) is 31.0. The van der Waals surface area contributed by atoms with Crippen LogP contribution < -0.4 is 15.5 Å². The van der Waals surface area contributed by atoms with E-state index in [-0.39, 0.29) is 28.7 Å². The van der Waals surface area contributed by atoms with Crippen molar-refractivity contribution in [1.29, 1.82) is 0 Å². The predicted molar refractivity (Wildman–Crippen MR) is 250 cm³/mol. The van der Waals surface area contributed by atoms with E-state index in [1.54, 1.807) is 29.0 Å². The second kappa shape index (κ2) is 22.0. The summed E-state index contributed by atoms with van der Waals surface area (Å²) in [5.41, 5.74) is 12.0. The molecule has 1 aromatic heterocycles. The molecule has 0 unspecified atom stereocenters. The van der Waals surface area contributed by atoms with Crippen molar-refractivity contribution in [2.24, 2.45) is 5.11 Å². The van der Waals surface area contributed by atoms with Crippen LogP contribution in [0, 0.1) is 0 Å². The summed E-state index contributed by atoms with van der Waals surface area (Å²) < 4.78 is 104. The van der Waals surface area contributed by atoms with E-state index < -0.39 is 46.9 Å². The van der Waals surface area contributed by atoms with Gasteiger partial charge in [-0.05, 0) is 100.0 Å². The Labute approximate surface area is 386 Å². The number of aryl methyl sites for hydroxylation is 1. The van der Waals surface area contributed by atoms with Crippen LogP contribution in [0.4, 0.5) is 11.4 Å². The number of anilines is 1. The van der Waals surface area contributed by atoms with Crippen molar-refractivity contribution in [2.45, 2.75) is 106 Å². The van der Waals surface area contributed by atoms with Crippen LogP contribution in [0.3, 0.4) is 0 Å². The van der Waals surface area contributed by atoms with Crippen LogP contribution in [0.25, 0.3) is 10.4 Å². The minimum atomic E-state index is -4.50. The number of amides is 1. The van der Waals surface area contributed by atoms with Crippen molar-refractivity contribution in [3.05, 3.63) is 106 Å². The average Bonchev–Trinajstić information content (AvgIpc) is 3.84. The lowest BCUT2D eigenvalue weighted by molar-refractivity contribution is -0.438. The fourth-order valence-electron chi connectivity index (χ4n) is 8.23. The molecule has 0 aliphatic carbocycles. The van der Waals surface area contributed by atoms with Gasteiger partial charge in [-0.1, -0.05) is 42.4 Å². The lowest BCUT2D eigenvalue weighted by Crippen LogP contribution is -2.28. The third kappa shape index (κ3) is 13.7. The zero-order valence-electron chi connectivity index (χ0n) is 37.5. The maximum Gasteiger partial charge on any atom is 0.294 e. The number of carbonyl (C=O) groups is 1. The third-order valence-electron chi connectivity index (χ3n) is 11.6. The van der Waals surface area contributed by atoms with Crippen molar-refractivity contribution in [1.82, 2.24) is 25.6 Å². The standard InChI is InChI=1S/C43H58N10O10S3/c1-42(2)35-28-33(65(58,59)60)17-19-37(35)52(25-10-6-9-16-41(54)46-22-12-24-51-31-32(48-50-51)30-45-21-11-23-47-49-44)39(42)14-7-5-8-15-40-43(3,4)36-29-34(66(61,62)63)18-20-38(36)53(40)26-13-27-64(55,56)57/h5,7-8,14-15,17-20,28-29,31,45H,6,9-13,16,21-27,30H2,1-4H3,(H3-,46,54,55,56,57,58,59,60,61,62,63)/p+1. The Hall–Kier alpha value is -5.26. The normalized spacial score (nSPS) is 16.3. The van der Waals surface area contributed by atoms with E-state index in [4.69, 9.17) is 5.53 Å². The van der Waals surface area contributed by atoms with Crippen molar-refractivity contribution < 1.29 is 48.3 Å². The molecule has 1 amide bonds. The number of azide groups is 1. The van der Waals surface area contributed by atoms with Gasteiger partial charge < -0.3 is 15.5 Å². The van der Waals surface area contributed by atoms with Gasteiger partial charge in [0.2, 0.25) is 11.6 Å². The molecule has 0 radical (unpaired) electrons. The minimum Gasteiger partial charge on any atom is -0.356 e. The third-order valence-corrected chi connectivity index (χ3v) is 14.1. The van der Waals surface area contributed by atoms with Gasteiger partial charge in [-0.3, -0.25) is 23.1 Å². The SMILES string of the molecule is CC1(C)C(/C=C/C=C/C=C2/N(CCCS(=O)(=O)O)c3ccc(S(=O)(=O)O)cc3C2(C)C)=[N+](CCCCCC(=O)NCCCn2cc(CNCCCN=[N+]=[N-])nn2)c2ccc(S(=O)(=O)O)cc21. The van der Waals surface area contributed by atoms with Crippen LogP contribution in [-0.2, 0) is 59.1 Å². The van der Waals surface area contributed by atoms with Gasteiger partial charge in [0, 0.05) is 91.2 Å². The summed E-state index contributed by atoms with van der Waals surface area (Å²) in [6, 6.07) is 8.80. The first kappa shape index (κ1) is 51.7. The molecule has 358 valence electrons. The van der Waals surface area contributed by atoms with Gasteiger partial charge in [0.05, 0.1) is 26.7 Å². The summed E-state index contributed by atoms with van der Waals surface area (Å²) in [4.78, 5) is 16.8. The van der Waals surface area contributed by atoms with Crippen LogP contribution in [0.5, 0.6) is 0 Å². The molecule has 5 N–H and O–H groups in total. The molecule has 20 nitrogen and oxygen atoms in total. The monoisotopic (exact) mass is 971 g/mol. The Bertz CT molecular complexity index is 2770. The van der Waals surface area contributed by atoms with E-state index in [1.165, 1.54) is 24.3 Å². The number of rotatable bonds is 25. The zero-order valence-corrected chi connectivity index (χ0v) is 40.0. The fraction of sp³-hybridized carbons (Fsp3) is 0.488. The molecule has 0 fully saturated rings. The fourth-order valence-corrected chi connectivity index (χ4v) is 9.74. The largest absolute Gasteiger partial charge is 0.356 e. The highest BCUT2D eigenvalue weighted by Gasteiger charge is 2.45. The molecule has 3 heterocycles. The highest BCUT2D eigenvalue weighted by atomic mass is 32.2. The van der Waals surface area contributed by atoms with Gasteiger partial charge in [-0.25, -0.2) is 0 Å². The molecule has 0 saturated heterocycles. The first-order valence-corrected chi connectivity index (χ1v) is 26.1. The summed E-state index contributed by atoms with van der Waals surface area (Å²) in [6.07, 6.45) is 15.0. The molecular formula is C43H59N10O10S3+. The Morgan fingerprint density at radius 1 is 0.848 bits per heavy atom. The Morgan fingerprint density at radius 2 is 1.56 bits per heavy atom. The maximum absolute atomic E-state index is 12.7. The molecule has 0 saturated carbocycles. The van der Waals surface area contributed by atoms with E-state index in [2.05, 4.69) is 35.5 Å². The van der Waals surface area contributed by atoms with Gasteiger partial charge in [-0.15, -0.1) is 5.10 Å². The van der Waals surface area contributed by atoms with Gasteiger partial charge in [-0.2, -0.15) is 29.8 Å². The molecule has 3 aromatic rings. The number of nitrogens with zero attached hydrogens (tertiary/aromatic N) is 8. The average molecular weight is 972 g/mol. The number of benzene rings is 2. The summed E-state index contributed by atoms with van der Waals surface area (Å²) in [5.74, 6) is -0.517. The summed E-state index contributed by atoms with van der Waals surface area (Å²) >= 11 is 0. The Morgan fingerprint density at radius 3 is 2.26 bits per heavy atom. The Balaban J connectivity index is 1.23. The zero-order chi connectivity index (χ0) is 48.3. The van der Waals surface area contributed by atoms with Crippen molar-refractivity contribution >= 4 is 53.3 Å². The number of aromatic nitrogens is 3. The van der Waals surface area contributed by atoms with Gasteiger partial charge in [0.25, 0.3) is 30.4 Å². The Kier molecular flexibility index (Phi) is 17.3. The van der Waals surface area contributed by atoms with Crippen molar-refractivity contribution in [3.8, 4) is 0 Å². The van der Waals surface area contributed by atoms with E-state index >= 15 is 0 Å². The van der Waals surface area contributed by atoms with E-state index in [1.807, 2.05) is 57.0 Å². The molecular weight excluding hydrogens is 913 g/mol. The molecule has 0 spiro atoms. The van der Waals surface area contributed by atoms with Crippen LogP contribution in [0.15, 0.2) is 93.6 Å². The number of hydrogen-bond donors (Lipinski definition) is 5. The van der Waals surface area contributed by atoms with E-state index in [0.29, 0.717) is 69.8 Å². The van der Waals surface area contributed by atoms with Gasteiger partial charge >= 0.3 is 0 Å². The summed E-state index contributed by atoms with van der Waals surface area (Å²) in [5, 5.41) is 18.0. The van der Waals surface area contributed by atoms with Crippen molar-refractivity contribution in [2.75, 3.05) is 43.4 Å². The molecule has 2 aliphatic rings. The molecule has 2 aliphatic heterocycles. The predicted octanol–water partition coefficient (Wildman–Crippen LogP) is 5.78. The van der Waals surface area contributed by atoms with Crippen LogP contribution >= 0.6 is 0 Å². The number of hydrogen-bond acceptors (Lipinski definition) is 12. The number of nitrogens with one attached hydrogen (secondary N) is 2. The molecule has 0 bridgehead atoms. The summed E-state index contributed by atoms with van der Waals surface area (Å²) in [7, 11) is -13.2. The minimum absolute atomic E-state index is 0.0458. The second-order valence-corrected chi connectivity index (χ2v) is 21.6. The highest BCUT2D eigenvalue weighted by molar-refractivity contribution is 7.86. The van der Waals surface area contributed by atoms with Crippen LogP contribution in [-0.4, -0.2) is 109 Å². The lowest BCUT2D eigenvalue weighted by atomic mass is 9.81. The highest BCUT2D eigenvalue weighted by Crippen LogP contribution is 2.48. The van der Waals surface area contributed by atoms with Crippen molar-refractivity contribution in [3.63, 3.8) is 0 Å². The number of unbranched alkanes of at least 4 members (excludes halogenated alkanes) is 2. The number of allylic oxidation sites excluding steroid dienone is 6. The maximum atomic E-state index is 12.7. The molecule has 66 heavy (non-hydrogen) atoms. The topological polar surface area (TPSA) is 290 Å². The number of fused-ring (bicyclic) bond motifs is 2. The van der Waals surface area contributed by atoms with E-state index in [9.17, 15) is 43.7 Å². The molecule has 0 atom stereocenters. The first-order valence-electron chi connectivity index (χ1n) is 21.6.